The molecular weight excluding hydrogens is 304 g/mol. The van der Waals surface area contributed by atoms with E-state index in [1.54, 1.807) is 11.3 Å². The predicted molar refractivity (Wildman–Crippen MR) is 104 cm³/mol. The summed E-state index contributed by atoms with van der Waals surface area (Å²) in [6.45, 7) is 6.85. The van der Waals surface area contributed by atoms with Crippen molar-refractivity contribution >= 4 is 10.9 Å². The Labute approximate surface area is 150 Å². The van der Waals surface area contributed by atoms with E-state index in [1.165, 1.54) is 41.3 Å². The maximum atomic E-state index is 2.75. The molecule has 3 aromatic rings. The fourth-order valence-electron chi connectivity index (χ4n) is 5.13. The molecule has 0 saturated heterocycles. The zero-order valence-electron chi connectivity index (χ0n) is 15.2. The van der Waals surface area contributed by atoms with Crippen LogP contribution < -0.4 is 0 Å². The van der Waals surface area contributed by atoms with Crippen LogP contribution in [0.1, 0.15) is 54.2 Å². The van der Waals surface area contributed by atoms with E-state index in [0.717, 1.165) is 13.1 Å². The number of rotatable bonds is 2. The maximum absolute atomic E-state index is 2.75. The van der Waals surface area contributed by atoms with Gasteiger partial charge in [0, 0.05) is 35.7 Å². The van der Waals surface area contributed by atoms with Crippen molar-refractivity contribution < 1.29 is 0 Å². The van der Waals surface area contributed by atoms with Crippen molar-refractivity contribution in [1.29, 1.82) is 0 Å². The van der Waals surface area contributed by atoms with Gasteiger partial charge in [0.2, 0.25) is 0 Å². The highest BCUT2D eigenvalue weighted by atomic mass is 15.3. The van der Waals surface area contributed by atoms with Crippen LogP contribution in [0, 0.1) is 6.92 Å². The van der Waals surface area contributed by atoms with Crippen LogP contribution in [-0.2, 0) is 13.0 Å². The zero-order valence-corrected chi connectivity index (χ0v) is 15.2. The van der Waals surface area contributed by atoms with E-state index >= 15 is 0 Å². The summed E-state index contributed by atoms with van der Waals surface area (Å²) in [6, 6.07) is 19.1. The summed E-state index contributed by atoms with van der Waals surface area (Å²) in [7, 11) is 0. The van der Waals surface area contributed by atoms with Crippen molar-refractivity contribution in [3.63, 3.8) is 0 Å². The normalized spacial score (nSPS) is 21.3. The molecule has 2 heteroatoms. The van der Waals surface area contributed by atoms with Gasteiger partial charge in [-0.15, -0.1) is 0 Å². The van der Waals surface area contributed by atoms with Crippen molar-refractivity contribution in [2.75, 3.05) is 6.54 Å². The lowest BCUT2D eigenvalue weighted by Crippen LogP contribution is -2.41. The highest BCUT2D eigenvalue weighted by Crippen LogP contribution is 2.45. The molecule has 0 saturated carbocycles. The molecular formula is C23H26N2. The van der Waals surface area contributed by atoms with Gasteiger partial charge in [0.25, 0.3) is 0 Å². The van der Waals surface area contributed by atoms with E-state index in [4.69, 9.17) is 0 Å². The van der Waals surface area contributed by atoms with E-state index in [0.29, 0.717) is 12.1 Å². The number of hydrogen-bond donors (Lipinski definition) is 0. The van der Waals surface area contributed by atoms with Crippen molar-refractivity contribution in [1.82, 2.24) is 9.47 Å². The number of nitrogens with zero attached hydrogens (tertiary/aromatic N) is 2. The minimum Gasteiger partial charge on any atom is -0.342 e. The SMILES string of the molecule is Cc1ccc2c(c1)c1c3n2CCN([C@H](C)c2ccccc2)[C@@H]3CCC1. The summed E-state index contributed by atoms with van der Waals surface area (Å²) in [5.41, 5.74) is 7.51. The van der Waals surface area contributed by atoms with Gasteiger partial charge in [0.05, 0.1) is 6.04 Å². The molecule has 2 aliphatic rings. The molecule has 0 amide bonds. The number of aryl methyl sites for hydroxylation is 2. The summed E-state index contributed by atoms with van der Waals surface area (Å²) in [5, 5.41) is 1.51. The number of hydrogen-bond acceptors (Lipinski definition) is 1. The van der Waals surface area contributed by atoms with Gasteiger partial charge in [-0.1, -0.05) is 42.0 Å². The molecule has 0 fully saturated rings. The van der Waals surface area contributed by atoms with Gasteiger partial charge in [0.1, 0.15) is 0 Å². The largest absolute Gasteiger partial charge is 0.342 e. The Morgan fingerprint density at radius 3 is 2.72 bits per heavy atom. The van der Waals surface area contributed by atoms with Crippen LogP contribution in [0.3, 0.4) is 0 Å². The van der Waals surface area contributed by atoms with Crippen LogP contribution in [-0.4, -0.2) is 16.0 Å². The molecule has 128 valence electrons. The third-order valence-corrected chi connectivity index (χ3v) is 6.35. The van der Waals surface area contributed by atoms with Crippen LogP contribution in [0.4, 0.5) is 0 Å². The first-order valence-electron chi connectivity index (χ1n) is 9.66. The second kappa shape index (κ2) is 5.74. The second-order valence-electron chi connectivity index (χ2n) is 7.77. The fraction of sp³-hybridized carbons (Fsp3) is 0.391. The van der Waals surface area contributed by atoms with Crippen molar-refractivity contribution in [3.05, 3.63) is 70.9 Å². The van der Waals surface area contributed by atoms with Crippen molar-refractivity contribution in [3.8, 4) is 0 Å². The molecule has 1 aliphatic carbocycles. The smallest absolute Gasteiger partial charge is 0.0510 e. The van der Waals surface area contributed by atoms with E-state index in [2.05, 4.69) is 71.8 Å². The van der Waals surface area contributed by atoms with Gasteiger partial charge < -0.3 is 4.57 Å². The van der Waals surface area contributed by atoms with E-state index < -0.39 is 0 Å². The van der Waals surface area contributed by atoms with Gasteiger partial charge >= 0.3 is 0 Å². The minimum absolute atomic E-state index is 0.477. The lowest BCUT2D eigenvalue weighted by Gasteiger charge is -2.43. The van der Waals surface area contributed by atoms with Crippen LogP contribution >= 0.6 is 0 Å². The first-order valence-corrected chi connectivity index (χ1v) is 9.66. The maximum Gasteiger partial charge on any atom is 0.0510 e. The molecule has 2 atom stereocenters. The molecule has 0 radical (unpaired) electrons. The average molecular weight is 330 g/mol. The quantitative estimate of drug-likeness (QED) is 0.610. The van der Waals surface area contributed by atoms with E-state index in [9.17, 15) is 0 Å². The Bertz CT molecular complexity index is 922. The third kappa shape index (κ3) is 2.27. The molecule has 1 aliphatic heterocycles. The Morgan fingerprint density at radius 2 is 1.88 bits per heavy atom. The van der Waals surface area contributed by atoms with Crippen LogP contribution in [0.5, 0.6) is 0 Å². The molecule has 2 heterocycles. The first kappa shape index (κ1) is 15.2. The predicted octanol–water partition coefficient (Wildman–Crippen LogP) is 5.40. The Morgan fingerprint density at radius 1 is 1.04 bits per heavy atom. The zero-order chi connectivity index (χ0) is 17.0. The van der Waals surface area contributed by atoms with Gasteiger partial charge in [-0.3, -0.25) is 4.90 Å². The molecule has 5 rings (SSSR count). The summed E-state index contributed by atoms with van der Waals surface area (Å²) in [5.74, 6) is 0. The summed E-state index contributed by atoms with van der Waals surface area (Å²) in [6.07, 6.45) is 3.84. The summed E-state index contributed by atoms with van der Waals surface area (Å²) >= 11 is 0. The third-order valence-electron chi connectivity index (χ3n) is 6.35. The van der Waals surface area contributed by atoms with E-state index in [1.807, 2.05) is 0 Å². The highest BCUT2D eigenvalue weighted by Gasteiger charge is 2.36. The minimum atomic E-state index is 0.477. The monoisotopic (exact) mass is 330 g/mol. The molecule has 2 aromatic carbocycles. The van der Waals surface area contributed by atoms with Gasteiger partial charge in [-0.2, -0.15) is 0 Å². The Kier molecular flexibility index (Phi) is 3.49. The van der Waals surface area contributed by atoms with E-state index in [-0.39, 0.29) is 0 Å². The van der Waals surface area contributed by atoms with Crippen molar-refractivity contribution in [2.24, 2.45) is 0 Å². The Balaban J connectivity index is 1.63. The highest BCUT2D eigenvalue weighted by molar-refractivity contribution is 5.87. The molecule has 0 spiro atoms. The van der Waals surface area contributed by atoms with Crippen LogP contribution in [0.15, 0.2) is 48.5 Å². The van der Waals surface area contributed by atoms with Crippen LogP contribution in [0.25, 0.3) is 10.9 Å². The van der Waals surface area contributed by atoms with Crippen LogP contribution in [0.2, 0.25) is 0 Å². The molecule has 0 unspecified atom stereocenters. The van der Waals surface area contributed by atoms with Gasteiger partial charge in [-0.25, -0.2) is 0 Å². The van der Waals surface area contributed by atoms with Gasteiger partial charge in [-0.05, 0) is 56.4 Å². The lowest BCUT2D eigenvalue weighted by atomic mass is 9.88. The number of fused-ring (bicyclic) bond motifs is 3. The van der Waals surface area contributed by atoms with Crippen molar-refractivity contribution in [2.45, 2.75) is 51.7 Å². The second-order valence-corrected chi connectivity index (χ2v) is 7.77. The van der Waals surface area contributed by atoms with Gasteiger partial charge in [0.15, 0.2) is 0 Å². The molecule has 0 bridgehead atoms. The number of aromatic nitrogens is 1. The molecule has 1 aromatic heterocycles. The molecule has 0 N–H and O–H groups in total. The molecule has 2 nitrogen and oxygen atoms in total. The first-order chi connectivity index (χ1) is 12.2. The fourth-order valence-corrected chi connectivity index (χ4v) is 5.13. The average Bonchev–Trinajstić information content (AvgIpc) is 2.97. The molecule has 25 heavy (non-hydrogen) atoms. The Hall–Kier alpha value is -2.06. The number of benzene rings is 2. The summed E-state index contributed by atoms with van der Waals surface area (Å²) in [4.78, 5) is 2.75. The topological polar surface area (TPSA) is 8.17 Å². The standard InChI is InChI=1S/C23H26N2/c1-16-11-12-21-20(15-16)19-9-6-10-22-23(19)25(21)14-13-24(22)17(2)18-7-4-3-5-8-18/h3-5,7-8,11-12,15,17,22H,6,9-10,13-14H2,1-2H3/t17-,22-/m1/s1. The summed E-state index contributed by atoms with van der Waals surface area (Å²) < 4.78 is 2.63. The lowest BCUT2D eigenvalue weighted by molar-refractivity contribution is 0.0973.